The van der Waals surface area contributed by atoms with Crippen LogP contribution in [0.4, 0.5) is 0 Å². The SMILES string of the molecule is Cc1ccc(C(=O)NC2CC2)cc1-n1cnc2ccc(OCCN3CCCCC3)cc2c1=O. The first-order valence-electron chi connectivity index (χ1n) is 11.9. The fraction of sp³-hybridized carbons (Fsp3) is 0.423. The molecule has 2 heterocycles. The number of ether oxygens (including phenoxy) is 1. The molecule has 7 heteroatoms. The summed E-state index contributed by atoms with van der Waals surface area (Å²) in [6.45, 7) is 5.68. The highest BCUT2D eigenvalue weighted by Gasteiger charge is 2.24. The number of fused-ring (bicyclic) bond motifs is 1. The molecule has 2 aromatic carbocycles. The third-order valence-corrected chi connectivity index (χ3v) is 6.50. The van der Waals surface area contributed by atoms with E-state index >= 15 is 0 Å². The van der Waals surface area contributed by atoms with Crippen molar-refractivity contribution >= 4 is 16.8 Å². The van der Waals surface area contributed by atoms with Crippen molar-refractivity contribution in [1.29, 1.82) is 0 Å². The molecule has 2 fully saturated rings. The van der Waals surface area contributed by atoms with Gasteiger partial charge in [-0.05, 0) is 81.6 Å². The smallest absolute Gasteiger partial charge is 0.265 e. The van der Waals surface area contributed by atoms with Crippen LogP contribution in [0.15, 0.2) is 47.5 Å². The number of hydrogen-bond acceptors (Lipinski definition) is 5. The Labute approximate surface area is 193 Å². The molecule has 33 heavy (non-hydrogen) atoms. The van der Waals surface area contributed by atoms with Gasteiger partial charge in [0, 0.05) is 18.2 Å². The van der Waals surface area contributed by atoms with Crippen LogP contribution in [0.1, 0.15) is 48.0 Å². The first-order chi connectivity index (χ1) is 16.1. The van der Waals surface area contributed by atoms with E-state index in [1.54, 1.807) is 18.2 Å². The number of carbonyl (C=O) groups excluding carboxylic acids is 1. The molecule has 172 valence electrons. The molecule has 7 nitrogen and oxygen atoms in total. The summed E-state index contributed by atoms with van der Waals surface area (Å²) in [5, 5.41) is 3.50. The summed E-state index contributed by atoms with van der Waals surface area (Å²) in [4.78, 5) is 32.8. The van der Waals surface area contributed by atoms with Gasteiger partial charge >= 0.3 is 0 Å². The van der Waals surface area contributed by atoms with Crippen molar-refractivity contribution in [3.05, 3.63) is 64.2 Å². The van der Waals surface area contributed by atoms with Crippen molar-refractivity contribution in [3.63, 3.8) is 0 Å². The molecule has 1 aromatic heterocycles. The van der Waals surface area contributed by atoms with Crippen molar-refractivity contribution in [2.24, 2.45) is 0 Å². The number of likely N-dealkylation sites (tertiary alicyclic amines) is 1. The predicted molar refractivity (Wildman–Crippen MR) is 128 cm³/mol. The highest BCUT2D eigenvalue weighted by atomic mass is 16.5. The first kappa shape index (κ1) is 21.6. The summed E-state index contributed by atoms with van der Waals surface area (Å²) in [7, 11) is 0. The van der Waals surface area contributed by atoms with Crippen molar-refractivity contribution in [2.45, 2.75) is 45.1 Å². The number of rotatable bonds is 7. The molecule has 1 N–H and O–H groups in total. The van der Waals surface area contributed by atoms with E-state index in [0.717, 1.165) is 38.0 Å². The lowest BCUT2D eigenvalue weighted by atomic mass is 10.1. The molecule has 0 radical (unpaired) electrons. The van der Waals surface area contributed by atoms with Crippen LogP contribution in [0.3, 0.4) is 0 Å². The minimum Gasteiger partial charge on any atom is -0.492 e. The number of piperidine rings is 1. The zero-order valence-corrected chi connectivity index (χ0v) is 19.0. The summed E-state index contributed by atoms with van der Waals surface area (Å²) in [5.41, 5.74) is 2.55. The number of benzene rings is 2. The third-order valence-electron chi connectivity index (χ3n) is 6.50. The van der Waals surface area contributed by atoms with E-state index in [-0.39, 0.29) is 17.5 Å². The molecule has 3 aromatic rings. The van der Waals surface area contributed by atoms with Gasteiger partial charge in [-0.3, -0.25) is 19.1 Å². The minimum absolute atomic E-state index is 0.107. The van der Waals surface area contributed by atoms with Gasteiger partial charge in [0.05, 0.1) is 16.6 Å². The Morgan fingerprint density at radius 2 is 1.94 bits per heavy atom. The Morgan fingerprint density at radius 3 is 2.73 bits per heavy atom. The maximum absolute atomic E-state index is 13.4. The molecule has 1 aliphatic carbocycles. The van der Waals surface area contributed by atoms with Gasteiger partial charge < -0.3 is 10.1 Å². The predicted octanol–water partition coefficient (Wildman–Crippen LogP) is 3.45. The molecule has 1 amide bonds. The van der Waals surface area contributed by atoms with Crippen LogP contribution in [0.25, 0.3) is 16.6 Å². The van der Waals surface area contributed by atoms with Gasteiger partial charge in [0.1, 0.15) is 18.7 Å². The first-order valence-corrected chi connectivity index (χ1v) is 11.9. The van der Waals surface area contributed by atoms with Crippen LogP contribution < -0.4 is 15.6 Å². The van der Waals surface area contributed by atoms with Crippen molar-refractivity contribution < 1.29 is 9.53 Å². The van der Waals surface area contributed by atoms with Gasteiger partial charge in [-0.25, -0.2) is 4.98 Å². The molecule has 0 bridgehead atoms. The number of nitrogens with zero attached hydrogens (tertiary/aromatic N) is 3. The van der Waals surface area contributed by atoms with E-state index in [9.17, 15) is 9.59 Å². The summed E-state index contributed by atoms with van der Waals surface area (Å²) in [6.07, 6.45) is 7.41. The number of carbonyl (C=O) groups is 1. The molecular formula is C26H30N4O3. The Kier molecular flexibility index (Phi) is 6.13. The second-order valence-corrected chi connectivity index (χ2v) is 9.10. The van der Waals surface area contributed by atoms with Gasteiger partial charge in [0.15, 0.2) is 0 Å². The average molecular weight is 447 g/mol. The van der Waals surface area contributed by atoms with Gasteiger partial charge in [0.2, 0.25) is 0 Å². The number of aryl methyl sites for hydroxylation is 1. The van der Waals surface area contributed by atoms with E-state index in [4.69, 9.17) is 4.74 Å². The van der Waals surface area contributed by atoms with Crippen LogP contribution in [0, 0.1) is 6.92 Å². The van der Waals surface area contributed by atoms with Crippen LogP contribution >= 0.6 is 0 Å². The molecule has 5 rings (SSSR count). The topological polar surface area (TPSA) is 76.5 Å². The summed E-state index contributed by atoms with van der Waals surface area (Å²) in [5.74, 6) is 0.565. The lowest BCUT2D eigenvalue weighted by molar-refractivity contribution is 0.0951. The zero-order valence-electron chi connectivity index (χ0n) is 19.0. The van der Waals surface area contributed by atoms with Crippen molar-refractivity contribution in [3.8, 4) is 11.4 Å². The molecular weight excluding hydrogens is 416 g/mol. The highest BCUT2D eigenvalue weighted by Crippen LogP contribution is 2.22. The quantitative estimate of drug-likeness (QED) is 0.602. The Balaban J connectivity index is 1.39. The fourth-order valence-corrected chi connectivity index (χ4v) is 4.34. The Bertz CT molecular complexity index is 1230. The van der Waals surface area contributed by atoms with Crippen LogP contribution in [0.2, 0.25) is 0 Å². The van der Waals surface area contributed by atoms with E-state index in [1.165, 1.54) is 30.2 Å². The summed E-state index contributed by atoms with van der Waals surface area (Å²) in [6, 6.07) is 11.2. The normalized spacial score (nSPS) is 16.6. The highest BCUT2D eigenvalue weighted by molar-refractivity contribution is 5.95. The van der Waals surface area contributed by atoms with Crippen LogP contribution in [-0.4, -0.2) is 52.6 Å². The fourth-order valence-electron chi connectivity index (χ4n) is 4.34. The average Bonchev–Trinajstić information content (AvgIpc) is 3.65. The van der Waals surface area contributed by atoms with Gasteiger partial charge in [0.25, 0.3) is 11.5 Å². The van der Waals surface area contributed by atoms with E-state index < -0.39 is 0 Å². The largest absolute Gasteiger partial charge is 0.492 e. The lowest BCUT2D eigenvalue weighted by Crippen LogP contribution is -2.33. The molecule has 0 spiro atoms. The second kappa shape index (κ2) is 9.35. The summed E-state index contributed by atoms with van der Waals surface area (Å²) >= 11 is 0. The molecule has 1 aliphatic heterocycles. The number of aromatic nitrogens is 2. The standard InChI is InChI=1S/C26H30N4O3/c1-18-5-6-19(25(31)28-20-7-8-20)15-24(18)30-17-27-23-10-9-21(16-22(23)26(30)32)33-14-13-29-11-3-2-4-12-29/h5-6,9-10,15-17,20H,2-4,7-8,11-14H2,1H3,(H,28,31). The molecule has 1 saturated carbocycles. The van der Waals surface area contributed by atoms with E-state index in [1.807, 2.05) is 25.1 Å². The van der Waals surface area contributed by atoms with Gasteiger partial charge in [-0.1, -0.05) is 12.5 Å². The Hall–Kier alpha value is -3.19. The van der Waals surface area contributed by atoms with E-state index in [0.29, 0.717) is 34.5 Å². The summed E-state index contributed by atoms with van der Waals surface area (Å²) < 4.78 is 7.48. The Morgan fingerprint density at radius 1 is 1.12 bits per heavy atom. The van der Waals surface area contributed by atoms with Crippen LogP contribution in [-0.2, 0) is 0 Å². The third kappa shape index (κ3) is 4.93. The molecule has 1 saturated heterocycles. The maximum atomic E-state index is 13.4. The van der Waals surface area contributed by atoms with Crippen molar-refractivity contribution in [2.75, 3.05) is 26.2 Å². The zero-order chi connectivity index (χ0) is 22.8. The monoisotopic (exact) mass is 446 g/mol. The molecule has 0 atom stereocenters. The molecule has 2 aliphatic rings. The van der Waals surface area contributed by atoms with E-state index in [2.05, 4.69) is 15.2 Å². The van der Waals surface area contributed by atoms with Crippen molar-refractivity contribution in [1.82, 2.24) is 19.8 Å². The number of nitrogens with one attached hydrogen (secondary N) is 1. The number of amides is 1. The molecule has 0 unspecified atom stereocenters. The van der Waals surface area contributed by atoms with Crippen LogP contribution in [0.5, 0.6) is 5.75 Å². The second-order valence-electron chi connectivity index (χ2n) is 9.10. The lowest BCUT2D eigenvalue weighted by Gasteiger charge is -2.26. The number of hydrogen-bond donors (Lipinski definition) is 1. The minimum atomic E-state index is -0.177. The van der Waals surface area contributed by atoms with Gasteiger partial charge in [-0.15, -0.1) is 0 Å². The maximum Gasteiger partial charge on any atom is 0.265 e. The van der Waals surface area contributed by atoms with Gasteiger partial charge in [-0.2, -0.15) is 0 Å².